The van der Waals surface area contributed by atoms with E-state index in [0.29, 0.717) is 26.2 Å². The van der Waals surface area contributed by atoms with Gasteiger partial charge in [-0.1, -0.05) is 36.4 Å². The second-order valence-electron chi connectivity index (χ2n) is 7.63. The number of carbonyl (C=O) groups is 1. The molecule has 1 aliphatic rings. The molecule has 0 fully saturated rings. The van der Waals surface area contributed by atoms with E-state index in [1.165, 1.54) is 0 Å². The van der Waals surface area contributed by atoms with Gasteiger partial charge in [-0.2, -0.15) is 0 Å². The van der Waals surface area contributed by atoms with Crippen LogP contribution in [-0.4, -0.2) is 47.1 Å². The topological polar surface area (TPSA) is 68.6 Å². The van der Waals surface area contributed by atoms with Gasteiger partial charge >= 0.3 is 0 Å². The quantitative estimate of drug-likeness (QED) is 0.568. The fraction of sp³-hybridized carbons (Fsp3) is 0.333. The van der Waals surface area contributed by atoms with Gasteiger partial charge in [0, 0.05) is 49.7 Å². The third-order valence-corrected chi connectivity index (χ3v) is 5.39. The molecule has 1 atom stereocenters. The summed E-state index contributed by atoms with van der Waals surface area (Å²) in [7, 11) is 1.67. The number of benzene rings is 2. The molecule has 0 bridgehead atoms. The maximum atomic E-state index is 12.6. The van der Waals surface area contributed by atoms with Crippen molar-refractivity contribution in [1.82, 2.24) is 19.8 Å². The highest BCUT2D eigenvalue weighted by Crippen LogP contribution is 2.34. The van der Waals surface area contributed by atoms with E-state index < -0.39 is 0 Å². The lowest BCUT2D eigenvalue weighted by atomic mass is 10.1. The summed E-state index contributed by atoms with van der Waals surface area (Å²) >= 11 is 0. The van der Waals surface area contributed by atoms with Gasteiger partial charge in [0.1, 0.15) is 17.6 Å². The number of nitrogens with one attached hydrogen (secondary N) is 1. The monoisotopic (exact) mass is 420 g/mol. The molecule has 3 aromatic rings. The molecule has 0 aliphatic carbocycles. The largest absolute Gasteiger partial charge is 0.496 e. The molecule has 0 saturated carbocycles. The Balaban J connectivity index is 1.42. The van der Waals surface area contributed by atoms with Crippen LogP contribution in [0.1, 0.15) is 23.7 Å². The summed E-state index contributed by atoms with van der Waals surface area (Å²) in [5.41, 5.74) is 2.06. The van der Waals surface area contributed by atoms with Crippen LogP contribution in [0.5, 0.6) is 11.5 Å². The van der Waals surface area contributed by atoms with Crippen LogP contribution in [0, 0.1) is 0 Å². The molecule has 0 radical (unpaired) electrons. The number of fused-ring (bicyclic) bond motifs is 1. The molecular weight excluding hydrogens is 392 g/mol. The smallest absolute Gasteiger partial charge is 0.234 e. The maximum Gasteiger partial charge on any atom is 0.234 e. The Morgan fingerprint density at radius 3 is 2.90 bits per heavy atom. The molecule has 1 N–H and O–H groups in total. The Bertz CT molecular complexity index is 990. The molecule has 2 aromatic carbocycles. The molecular formula is C24H28N4O3. The van der Waals surface area contributed by atoms with E-state index in [4.69, 9.17) is 9.47 Å². The van der Waals surface area contributed by atoms with E-state index in [1.807, 2.05) is 53.2 Å². The van der Waals surface area contributed by atoms with E-state index >= 15 is 0 Å². The highest BCUT2D eigenvalue weighted by atomic mass is 16.5. The van der Waals surface area contributed by atoms with Crippen LogP contribution in [0.2, 0.25) is 0 Å². The zero-order valence-corrected chi connectivity index (χ0v) is 17.7. The number of carbonyl (C=O) groups excluding carboxylic acids is 1. The first kappa shape index (κ1) is 20.9. The molecule has 4 rings (SSSR count). The summed E-state index contributed by atoms with van der Waals surface area (Å²) in [5, 5.41) is 3.03. The third-order valence-electron chi connectivity index (χ3n) is 5.39. The lowest BCUT2D eigenvalue weighted by Crippen LogP contribution is -2.39. The van der Waals surface area contributed by atoms with Crippen molar-refractivity contribution in [2.75, 3.05) is 26.7 Å². The van der Waals surface area contributed by atoms with E-state index in [0.717, 1.165) is 35.6 Å². The van der Waals surface area contributed by atoms with Gasteiger partial charge in [-0.25, -0.2) is 4.98 Å². The Kier molecular flexibility index (Phi) is 6.84. The number of aromatic nitrogens is 2. The molecule has 1 aromatic heterocycles. The Labute approximate surface area is 182 Å². The van der Waals surface area contributed by atoms with Crippen LogP contribution in [0.15, 0.2) is 67.3 Å². The predicted molar refractivity (Wildman–Crippen MR) is 118 cm³/mol. The lowest BCUT2D eigenvalue weighted by molar-refractivity contribution is -0.122. The van der Waals surface area contributed by atoms with Crippen molar-refractivity contribution in [2.24, 2.45) is 0 Å². The van der Waals surface area contributed by atoms with Crippen LogP contribution >= 0.6 is 0 Å². The molecule has 0 spiro atoms. The van der Waals surface area contributed by atoms with E-state index in [-0.39, 0.29) is 12.0 Å². The summed E-state index contributed by atoms with van der Waals surface area (Å²) in [5.74, 6) is 1.65. The van der Waals surface area contributed by atoms with Gasteiger partial charge in [-0.15, -0.1) is 0 Å². The predicted octanol–water partition coefficient (Wildman–Crippen LogP) is 3.03. The second-order valence-corrected chi connectivity index (χ2v) is 7.63. The molecule has 2 heterocycles. The molecule has 0 saturated heterocycles. The van der Waals surface area contributed by atoms with Crippen molar-refractivity contribution in [1.29, 1.82) is 0 Å². The summed E-state index contributed by atoms with van der Waals surface area (Å²) in [6, 6.07) is 15.9. The number of hydrogen-bond acceptors (Lipinski definition) is 5. The Morgan fingerprint density at radius 2 is 2.06 bits per heavy atom. The Hall–Kier alpha value is -3.32. The average molecular weight is 421 g/mol. The minimum Gasteiger partial charge on any atom is -0.496 e. The molecule has 0 unspecified atom stereocenters. The first-order valence-electron chi connectivity index (χ1n) is 10.5. The van der Waals surface area contributed by atoms with Crippen molar-refractivity contribution >= 4 is 5.91 Å². The molecule has 162 valence electrons. The minimum absolute atomic E-state index is 0.0174. The van der Waals surface area contributed by atoms with Crippen LogP contribution in [-0.2, 0) is 17.9 Å². The number of imidazole rings is 1. The molecule has 7 heteroatoms. The lowest BCUT2D eigenvalue weighted by Gasteiger charge is -2.24. The number of aryl methyl sites for hydroxylation is 1. The van der Waals surface area contributed by atoms with Crippen LogP contribution in [0.3, 0.4) is 0 Å². The molecule has 1 amide bonds. The summed E-state index contributed by atoms with van der Waals surface area (Å²) < 4.78 is 13.9. The number of rotatable bonds is 8. The van der Waals surface area contributed by atoms with Crippen molar-refractivity contribution in [3.8, 4) is 11.5 Å². The van der Waals surface area contributed by atoms with Crippen molar-refractivity contribution in [3.63, 3.8) is 0 Å². The number of hydrogen-bond donors (Lipinski definition) is 1. The van der Waals surface area contributed by atoms with Gasteiger partial charge in [-0.05, 0) is 18.6 Å². The zero-order chi connectivity index (χ0) is 21.5. The fourth-order valence-corrected chi connectivity index (χ4v) is 3.86. The van der Waals surface area contributed by atoms with Crippen molar-refractivity contribution in [3.05, 3.63) is 78.4 Å². The average Bonchev–Trinajstić information content (AvgIpc) is 3.24. The molecule has 31 heavy (non-hydrogen) atoms. The van der Waals surface area contributed by atoms with Crippen molar-refractivity contribution < 1.29 is 14.3 Å². The SMILES string of the molecule is COc1ccccc1[C@H]1CN(CC(=O)NCCCn2ccnc2)Cc2ccccc2O1. The molecule has 1 aliphatic heterocycles. The highest BCUT2D eigenvalue weighted by Gasteiger charge is 2.27. The highest BCUT2D eigenvalue weighted by molar-refractivity contribution is 5.78. The first-order chi connectivity index (χ1) is 15.2. The van der Waals surface area contributed by atoms with Crippen molar-refractivity contribution in [2.45, 2.75) is 25.6 Å². The summed E-state index contributed by atoms with van der Waals surface area (Å²) in [4.78, 5) is 18.8. The first-order valence-corrected chi connectivity index (χ1v) is 10.5. The fourth-order valence-electron chi connectivity index (χ4n) is 3.86. The van der Waals surface area contributed by atoms with Gasteiger partial charge in [0.2, 0.25) is 5.91 Å². The maximum absolute atomic E-state index is 12.6. The van der Waals surface area contributed by atoms with Gasteiger partial charge in [0.05, 0.1) is 20.0 Å². The second kappa shape index (κ2) is 10.1. The number of amides is 1. The number of para-hydroxylation sites is 2. The minimum atomic E-state index is -0.228. The van der Waals surface area contributed by atoms with Gasteiger partial charge < -0.3 is 19.4 Å². The Morgan fingerprint density at radius 1 is 1.23 bits per heavy atom. The van der Waals surface area contributed by atoms with Crippen LogP contribution in [0.25, 0.3) is 0 Å². The number of methoxy groups -OCH3 is 1. The summed E-state index contributed by atoms with van der Waals surface area (Å²) in [6.07, 6.45) is 6.10. The van der Waals surface area contributed by atoms with Gasteiger partial charge in [0.25, 0.3) is 0 Å². The third kappa shape index (κ3) is 5.44. The molecule has 7 nitrogen and oxygen atoms in total. The van der Waals surface area contributed by atoms with Gasteiger partial charge in [0.15, 0.2) is 0 Å². The van der Waals surface area contributed by atoms with Gasteiger partial charge in [-0.3, -0.25) is 9.69 Å². The standard InChI is InChI=1S/C24H28N4O3/c1-30-22-10-5-3-8-20(22)23-16-28(15-19-7-2-4-9-21(19)31-23)17-24(29)26-11-6-13-27-14-12-25-18-27/h2-5,7-10,12,14,18,23H,6,11,13,15-17H2,1H3,(H,26,29)/t23-/m1/s1. The van der Waals surface area contributed by atoms with Crippen LogP contribution in [0.4, 0.5) is 0 Å². The van der Waals surface area contributed by atoms with E-state index in [2.05, 4.69) is 21.3 Å². The zero-order valence-electron chi connectivity index (χ0n) is 17.7. The number of nitrogens with zero attached hydrogens (tertiary/aromatic N) is 3. The van der Waals surface area contributed by atoms with E-state index in [9.17, 15) is 4.79 Å². The normalized spacial score (nSPS) is 16.1. The van der Waals surface area contributed by atoms with Crippen LogP contribution < -0.4 is 14.8 Å². The summed E-state index contributed by atoms with van der Waals surface area (Å²) in [6.45, 7) is 3.03. The van der Waals surface area contributed by atoms with E-state index in [1.54, 1.807) is 19.6 Å². The number of ether oxygens (including phenoxy) is 2.